The van der Waals surface area contributed by atoms with Crippen molar-refractivity contribution >= 4 is 39.1 Å². The summed E-state index contributed by atoms with van der Waals surface area (Å²) < 4.78 is 0.979. The van der Waals surface area contributed by atoms with E-state index >= 15 is 0 Å². The molecule has 0 aliphatic heterocycles. The molecule has 0 saturated carbocycles. The third kappa shape index (κ3) is 3.65. The van der Waals surface area contributed by atoms with Crippen LogP contribution < -0.4 is 5.32 Å². The molecule has 2 rings (SSSR count). The van der Waals surface area contributed by atoms with Crippen LogP contribution in [0.3, 0.4) is 0 Å². The summed E-state index contributed by atoms with van der Waals surface area (Å²) in [5, 5.41) is 11.5. The van der Waals surface area contributed by atoms with E-state index in [0.717, 1.165) is 21.4 Å². The molecule has 2 aromatic rings. The van der Waals surface area contributed by atoms with Gasteiger partial charge in [0.1, 0.15) is 4.88 Å². The summed E-state index contributed by atoms with van der Waals surface area (Å²) in [7, 11) is 0. The van der Waals surface area contributed by atoms with Gasteiger partial charge in [0.15, 0.2) is 0 Å². The van der Waals surface area contributed by atoms with Crippen LogP contribution in [0, 0.1) is 0 Å². The van der Waals surface area contributed by atoms with Crippen LogP contribution in [-0.2, 0) is 6.54 Å². The van der Waals surface area contributed by atoms with Crippen molar-refractivity contribution in [2.75, 3.05) is 0 Å². The summed E-state index contributed by atoms with van der Waals surface area (Å²) in [4.78, 5) is 23.1. The van der Waals surface area contributed by atoms with Crippen LogP contribution in [0.15, 0.2) is 40.9 Å². The summed E-state index contributed by atoms with van der Waals surface area (Å²) >= 11 is 4.30. The van der Waals surface area contributed by atoms with E-state index in [2.05, 4.69) is 21.2 Å². The lowest BCUT2D eigenvalue weighted by molar-refractivity contribution is 0.0702. The molecule has 0 aliphatic carbocycles. The number of carbonyl (C=O) groups is 2. The first-order valence-corrected chi connectivity index (χ1v) is 7.03. The second kappa shape index (κ2) is 5.99. The third-order valence-corrected chi connectivity index (χ3v) is 4.01. The van der Waals surface area contributed by atoms with Gasteiger partial charge in [-0.05, 0) is 29.8 Å². The molecule has 1 amide bonds. The average Bonchev–Trinajstić information content (AvgIpc) is 2.87. The number of hydrogen-bond acceptors (Lipinski definition) is 3. The van der Waals surface area contributed by atoms with Crippen LogP contribution in [0.2, 0.25) is 0 Å². The second-order valence-electron chi connectivity index (χ2n) is 3.78. The van der Waals surface area contributed by atoms with E-state index in [9.17, 15) is 9.59 Å². The minimum Gasteiger partial charge on any atom is -0.477 e. The van der Waals surface area contributed by atoms with Gasteiger partial charge in [-0.25, -0.2) is 4.79 Å². The van der Waals surface area contributed by atoms with Gasteiger partial charge in [0, 0.05) is 11.0 Å². The summed E-state index contributed by atoms with van der Waals surface area (Å²) in [5.74, 6) is -1.28. The highest BCUT2D eigenvalue weighted by Crippen LogP contribution is 2.16. The number of carboxylic acids is 1. The Labute approximate surface area is 122 Å². The maximum Gasteiger partial charge on any atom is 0.345 e. The molecule has 1 aromatic heterocycles. The molecule has 4 nitrogen and oxygen atoms in total. The van der Waals surface area contributed by atoms with E-state index in [1.807, 2.05) is 24.3 Å². The van der Waals surface area contributed by atoms with Crippen LogP contribution in [0.1, 0.15) is 24.9 Å². The molecule has 0 radical (unpaired) electrons. The van der Waals surface area contributed by atoms with Gasteiger partial charge in [-0.15, -0.1) is 11.3 Å². The number of amides is 1. The first-order valence-electron chi connectivity index (χ1n) is 5.42. The fourth-order valence-corrected chi connectivity index (χ4v) is 2.47. The Hall–Kier alpha value is -1.66. The first-order chi connectivity index (χ1) is 9.06. The number of carboxylic acid groups (broad SMARTS) is 1. The van der Waals surface area contributed by atoms with E-state index in [1.54, 1.807) is 0 Å². The Kier molecular flexibility index (Phi) is 4.34. The monoisotopic (exact) mass is 339 g/mol. The zero-order valence-corrected chi connectivity index (χ0v) is 12.1. The second-order valence-corrected chi connectivity index (χ2v) is 5.78. The number of aromatic carboxylic acids is 1. The smallest absolute Gasteiger partial charge is 0.345 e. The molecule has 0 unspecified atom stereocenters. The zero-order chi connectivity index (χ0) is 13.8. The van der Waals surface area contributed by atoms with E-state index in [1.165, 1.54) is 12.1 Å². The predicted molar refractivity (Wildman–Crippen MR) is 76.6 cm³/mol. The van der Waals surface area contributed by atoms with Crippen molar-refractivity contribution in [2.45, 2.75) is 6.54 Å². The molecule has 0 spiro atoms. The number of thiophene rings is 1. The average molecular weight is 340 g/mol. The molecular formula is C13H10BrNO3S. The van der Waals surface area contributed by atoms with Crippen LogP contribution in [-0.4, -0.2) is 17.0 Å². The van der Waals surface area contributed by atoms with Crippen molar-refractivity contribution < 1.29 is 14.7 Å². The van der Waals surface area contributed by atoms with Gasteiger partial charge in [0.05, 0.1) is 4.88 Å². The van der Waals surface area contributed by atoms with E-state index in [4.69, 9.17) is 5.11 Å². The Balaban J connectivity index is 1.97. The fourth-order valence-electron chi connectivity index (χ4n) is 1.45. The minimum atomic E-state index is -1.02. The molecule has 6 heteroatoms. The van der Waals surface area contributed by atoms with Crippen molar-refractivity contribution in [3.05, 3.63) is 56.2 Å². The summed E-state index contributed by atoms with van der Waals surface area (Å²) in [6.45, 7) is 0.409. The molecule has 19 heavy (non-hydrogen) atoms. The van der Waals surface area contributed by atoms with Gasteiger partial charge < -0.3 is 10.4 Å². The van der Waals surface area contributed by atoms with E-state index < -0.39 is 5.97 Å². The summed E-state index contributed by atoms with van der Waals surface area (Å²) in [5.41, 5.74) is 0.978. The highest BCUT2D eigenvalue weighted by molar-refractivity contribution is 9.10. The molecule has 98 valence electrons. The molecule has 0 fully saturated rings. The van der Waals surface area contributed by atoms with Crippen LogP contribution >= 0.6 is 27.3 Å². The number of rotatable bonds is 4. The van der Waals surface area contributed by atoms with Gasteiger partial charge in [0.2, 0.25) is 0 Å². The maximum absolute atomic E-state index is 11.8. The standard InChI is InChI=1S/C13H10BrNO3S/c14-9-3-1-8(2-4-9)7-15-12(16)10-5-6-11(19-10)13(17)18/h1-6H,7H2,(H,15,16)(H,17,18). The number of nitrogens with one attached hydrogen (secondary N) is 1. The Bertz CT molecular complexity index is 607. The van der Waals surface area contributed by atoms with Crippen LogP contribution in [0.5, 0.6) is 0 Å². The molecule has 1 aromatic carbocycles. The van der Waals surface area contributed by atoms with Gasteiger partial charge in [-0.3, -0.25) is 4.79 Å². The van der Waals surface area contributed by atoms with Crippen LogP contribution in [0.4, 0.5) is 0 Å². The van der Waals surface area contributed by atoms with Gasteiger partial charge in [-0.2, -0.15) is 0 Å². The van der Waals surface area contributed by atoms with Crippen LogP contribution in [0.25, 0.3) is 0 Å². The molecule has 0 bridgehead atoms. The lowest BCUT2D eigenvalue weighted by atomic mass is 10.2. The minimum absolute atomic E-state index is 0.161. The molecular weight excluding hydrogens is 330 g/mol. The highest BCUT2D eigenvalue weighted by Gasteiger charge is 2.12. The van der Waals surface area contributed by atoms with Crippen molar-refractivity contribution in [3.63, 3.8) is 0 Å². The Morgan fingerprint density at radius 3 is 2.32 bits per heavy atom. The van der Waals surface area contributed by atoms with Gasteiger partial charge >= 0.3 is 5.97 Å². The molecule has 2 N–H and O–H groups in total. The number of halogens is 1. The summed E-state index contributed by atoms with van der Waals surface area (Å²) in [6, 6.07) is 10.6. The SMILES string of the molecule is O=C(O)c1ccc(C(=O)NCc2ccc(Br)cc2)s1. The van der Waals surface area contributed by atoms with Gasteiger partial charge in [0.25, 0.3) is 5.91 Å². The maximum atomic E-state index is 11.8. The molecule has 1 heterocycles. The van der Waals surface area contributed by atoms with E-state index in [0.29, 0.717) is 11.4 Å². The van der Waals surface area contributed by atoms with Gasteiger partial charge in [-0.1, -0.05) is 28.1 Å². The largest absolute Gasteiger partial charge is 0.477 e. The van der Waals surface area contributed by atoms with Crippen molar-refractivity contribution in [1.29, 1.82) is 0 Å². The number of hydrogen-bond donors (Lipinski definition) is 2. The van der Waals surface area contributed by atoms with Crippen molar-refractivity contribution in [3.8, 4) is 0 Å². The summed E-state index contributed by atoms with van der Waals surface area (Å²) in [6.07, 6.45) is 0. The predicted octanol–water partition coefficient (Wildman–Crippen LogP) is 3.14. The Morgan fingerprint density at radius 1 is 1.11 bits per heavy atom. The quantitative estimate of drug-likeness (QED) is 0.899. The fraction of sp³-hybridized carbons (Fsp3) is 0.0769. The van der Waals surface area contributed by atoms with Crippen molar-refractivity contribution in [1.82, 2.24) is 5.32 Å². The zero-order valence-electron chi connectivity index (χ0n) is 9.72. The molecule has 0 atom stereocenters. The van der Waals surface area contributed by atoms with E-state index in [-0.39, 0.29) is 10.8 Å². The topological polar surface area (TPSA) is 66.4 Å². The highest BCUT2D eigenvalue weighted by atomic mass is 79.9. The normalized spacial score (nSPS) is 10.2. The lowest BCUT2D eigenvalue weighted by Crippen LogP contribution is -2.21. The molecule has 0 saturated heterocycles. The Morgan fingerprint density at radius 2 is 1.74 bits per heavy atom. The van der Waals surface area contributed by atoms with Crippen molar-refractivity contribution in [2.24, 2.45) is 0 Å². The first kappa shape index (κ1) is 13.8. The third-order valence-electron chi connectivity index (χ3n) is 2.41. The lowest BCUT2D eigenvalue weighted by Gasteiger charge is -2.03. The number of carbonyl (C=O) groups excluding carboxylic acids is 1. The molecule has 0 aliphatic rings. The number of benzene rings is 1.